The summed E-state index contributed by atoms with van der Waals surface area (Å²) < 4.78 is 5.19. The molecule has 1 aromatic rings. The van der Waals surface area contributed by atoms with Gasteiger partial charge in [0.1, 0.15) is 6.61 Å². The fourth-order valence-corrected chi connectivity index (χ4v) is 4.64. The third-order valence-corrected chi connectivity index (χ3v) is 6.70. The molecule has 1 saturated carbocycles. The predicted molar refractivity (Wildman–Crippen MR) is 124 cm³/mol. The zero-order valence-corrected chi connectivity index (χ0v) is 19.4. The van der Waals surface area contributed by atoms with Gasteiger partial charge in [-0.25, -0.2) is 0 Å². The lowest BCUT2D eigenvalue weighted by molar-refractivity contribution is -0.143. The lowest BCUT2D eigenvalue weighted by Gasteiger charge is -2.35. The number of ether oxygens (including phenoxy) is 1. The van der Waals surface area contributed by atoms with E-state index in [0.29, 0.717) is 25.4 Å². The van der Waals surface area contributed by atoms with E-state index in [0.717, 1.165) is 51.5 Å². The first-order valence-electron chi connectivity index (χ1n) is 12.1. The first-order chi connectivity index (χ1) is 15.1. The van der Waals surface area contributed by atoms with Gasteiger partial charge in [0.05, 0.1) is 0 Å². The van der Waals surface area contributed by atoms with Crippen LogP contribution in [0.1, 0.15) is 63.9 Å². The Morgan fingerprint density at radius 1 is 0.935 bits per heavy atom. The van der Waals surface area contributed by atoms with Crippen LogP contribution >= 0.6 is 0 Å². The van der Waals surface area contributed by atoms with Crippen molar-refractivity contribution in [1.82, 2.24) is 9.80 Å². The van der Waals surface area contributed by atoms with Crippen LogP contribution in [0.2, 0.25) is 0 Å². The van der Waals surface area contributed by atoms with E-state index >= 15 is 0 Å². The highest BCUT2D eigenvalue weighted by Gasteiger charge is 2.21. The van der Waals surface area contributed by atoms with Crippen molar-refractivity contribution in [2.75, 3.05) is 57.3 Å². The highest BCUT2D eigenvalue weighted by molar-refractivity contribution is 5.93. The van der Waals surface area contributed by atoms with Crippen LogP contribution in [0.5, 0.6) is 0 Å². The molecule has 0 spiro atoms. The van der Waals surface area contributed by atoms with E-state index in [-0.39, 0.29) is 11.9 Å². The van der Waals surface area contributed by atoms with Crippen molar-refractivity contribution in [3.8, 4) is 0 Å². The Hall–Kier alpha value is -1.92. The van der Waals surface area contributed by atoms with Crippen LogP contribution in [0.4, 0.5) is 5.69 Å². The lowest BCUT2D eigenvalue weighted by atomic mass is 9.97. The van der Waals surface area contributed by atoms with Crippen LogP contribution in [-0.2, 0) is 14.3 Å². The molecule has 0 atom stereocenters. The van der Waals surface area contributed by atoms with E-state index in [1.54, 1.807) is 0 Å². The molecule has 1 heterocycles. The Morgan fingerprint density at radius 2 is 1.55 bits per heavy atom. The van der Waals surface area contributed by atoms with E-state index in [1.165, 1.54) is 31.2 Å². The molecule has 0 bridgehead atoms. The summed E-state index contributed by atoms with van der Waals surface area (Å²) in [5, 5.41) is 0. The minimum absolute atomic E-state index is 0.129. The van der Waals surface area contributed by atoms with Gasteiger partial charge < -0.3 is 9.64 Å². The maximum Gasteiger partial charge on any atom is 0.305 e. The van der Waals surface area contributed by atoms with Gasteiger partial charge in [-0.2, -0.15) is 0 Å². The van der Waals surface area contributed by atoms with Crippen molar-refractivity contribution in [3.05, 3.63) is 29.8 Å². The summed E-state index contributed by atoms with van der Waals surface area (Å²) in [6, 6.07) is 8.73. The van der Waals surface area contributed by atoms with Crippen LogP contribution in [0, 0.1) is 0 Å². The Bertz CT molecular complexity index is 692. The standard InChI is InChI=1S/C25H39N3O3/c1-3-24(29)28(23-11-9-22(10-12-23)21-7-5-6-8-21)18-17-26-13-15-27(16-14-26)19-20-31-25(30)4-2/h9-12,21H,3-8,13-20H2,1-2H3. The van der Waals surface area contributed by atoms with Gasteiger partial charge in [0.15, 0.2) is 0 Å². The molecule has 172 valence electrons. The molecule has 3 rings (SSSR count). The van der Waals surface area contributed by atoms with Crippen LogP contribution in [-0.4, -0.2) is 74.1 Å². The largest absolute Gasteiger partial charge is 0.464 e. The van der Waals surface area contributed by atoms with E-state index in [2.05, 4.69) is 34.1 Å². The van der Waals surface area contributed by atoms with E-state index in [4.69, 9.17) is 4.74 Å². The van der Waals surface area contributed by atoms with Gasteiger partial charge in [-0.3, -0.25) is 19.4 Å². The highest BCUT2D eigenvalue weighted by Crippen LogP contribution is 2.34. The third kappa shape index (κ3) is 7.04. The second-order valence-electron chi connectivity index (χ2n) is 8.73. The Labute approximate surface area is 187 Å². The van der Waals surface area contributed by atoms with Gasteiger partial charge in [0, 0.05) is 64.3 Å². The molecule has 0 N–H and O–H groups in total. The van der Waals surface area contributed by atoms with Gasteiger partial charge in [-0.05, 0) is 36.5 Å². The number of hydrogen-bond acceptors (Lipinski definition) is 5. The molecule has 1 aliphatic heterocycles. The number of carbonyl (C=O) groups excluding carboxylic acids is 2. The molecule has 2 fully saturated rings. The molecular formula is C25H39N3O3. The monoisotopic (exact) mass is 429 g/mol. The summed E-state index contributed by atoms with van der Waals surface area (Å²) >= 11 is 0. The van der Waals surface area contributed by atoms with Gasteiger partial charge in [-0.1, -0.05) is 38.8 Å². The smallest absolute Gasteiger partial charge is 0.305 e. The second kappa shape index (κ2) is 12.2. The van der Waals surface area contributed by atoms with Crippen molar-refractivity contribution in [1.29, 1.82) is 0 Å². The molecule has 6 nitrogen and oxygen atoms in total. The molecule has 2 aliphatic rings. The highest BCUT2D eigenvalue weighted by atomic mass is 16.5. The topological polar surface area (TPSA) is 53.1 Å². The molecule has 0 aromatic heterocycles. The number of esters is 1. The summed E-state index contributed by atoms with van der Waals surface area (Å²) in [6.07, 6.45) is 6.22. The maximum absolute atomic E-state index is 12.6. The molecule has 31 heavy (non-hydrogen) atoms. The molecule has 0 radical (unpaired) electrons. The first kappa shape index (κ1) is 23.7. The van der Waals surface area contributed by atoms with Crippen molar-refractivity contribution in [3.63, 3.8) is 0 Å². The molecule has 0 unspecified atom stereocenters. The summed E-state index contributed by atoms with van der Waals surface area (Å²) in [4.78, 5) is 30.6. The first-order valence-corrected chi connectivity index (χ1v) is 12.1. The van der Waals surface area contributed by atoms with Crippen LogP contribution < -0.4 is 4.90 Å². The average Bonchev–Trinajstić information content (AvgIpc) is 3.35. The van der Waals surface area contributed by atoms with Crippen molar-refractivity contribution in [2.24, 2.45) is 0 Å². The quantitative estimate of drug-likeness (QED) is 0.532. The molecule has 1 amide bonds. The Morgan fingerprint density at radius 3 is 2.13 bits per heavy atom. The SMILES string of the molecule is CCC(=O)OCCN1CCN(CCN(C(=O)CC)c2ccc(C3CCCC3)cc2)CC1. The Balaban J connectivity index is 1.46. The second-order valence-corrected chi connectivity index (χ2v) is 8.73. The fourth-order valence-electron chi connectivity index (χ4n) is 4.64. The molecule has 6 heteroatoms. The number of piperazine rings is 1. The van der Waals surface area contributed by atoms with E-state index in [9.17, 15) is 9.59 Å². The zero-order chi connectivity index (χ0) is 22.1. The number of anilines is 1. The number of hydrogen-bond donors (Lipinski definition) is 0. The van der Waals surface area contributed by atoms with Crippen LogP contribution in [0.15, 0.2) is 24.3 Å². The summed E-state index contributed by atoms with van der Waals surface area (Å²) in [7, 11) is 0. The summed E-state index contributed by atoms with van der Waals surface area (Å²) in [6.45, 7) is 10.5. The van der Waals surface area contributed by atoms with Crippen LogP contribution in [0.3, 0.4) is 0 Å². The number of benzene rings is 1. The Kier molecular flexibility index (Phi) is 9.34. The van der Waals surface area contributed by atoms with Crippen molar-refractivity contribution in [2.45, 2.75) is 58.3 Å². The minimum atomic E-state index is -0.129. The summed E-state index contributed by atoms with van der Waals surface area (Å²) in [5.74, 6) is 0.756. The predicted octanol–water partition coefficient (Wildman–Crippen LogP) is 3.66. The van der Waals surface area contributed by atoms with Gasteiger partial charge in [0.2, 0.25) is 5.91 Å². The van der Waals surface area contributed by atoms with Crippen LogP contribution in [0.25, 0.3) is 0 Å². The number of amides is 1. The van der Waals surface area contributed by atoms with Gasteiger partial charge in [-0.15, -0.1) is 0 Å². The molecule has 1 saturated heterocycles. The molecular weight excluding hydrogens is 390 g/mol. The molecule has 1 aliphatic carbocycles. The lowest BCUT2D eigenvalue weighted by Crippen LogP contribution is -2.49. The normalized spacial score (nSPS) is 18.3. The van der Waals surface area contributed by atoms with E-state index < -0.39 is 0 Å². The average molecular weight is 430 g/mol. The van der Waals surface area contributed by atoms with Crippen molar-refractivity contribution >= 4 is 17.6 Å². The zero-order valence-electron chi connectivity index (χ0n) is 19.4. The summed E-state index contributed by atoms with van der Waals surface area (Å²) in [5.41, 5.74) is 2.44. The number of nitrogens with zero attached hydrogens (tertiary/aromatic N) is 3. The van der Waals surface area contributed by atoms with E-state index in [1.807, 2.05) is 18.7 Å². The maximum atomic E-state index is 12.6. The third-order valence-electron chi connectivity index (χ3n) is 6.70. The van der Waals surface area contributed by atoms with Gasteiger partial charge >= 0.3 is 5.97 Å². The molecule has 1 aromatic carbocycles. The van der Waals surface area contributed by atoms with Gasteiger partial charge in [0.25, 0.3) is 0 Å². The van der Waals surface area contributed by atoms with Crippen molar-refractivity contribution < 1.29 is 14.3 Å². The number of carbonyl (C=O) groups is 2. The number of rotatable bonds is 10. The fraction of sp³-hybridized carbons (Fsp3) is 0.680. The minimum Gasteiger partial charge on any atom is -0.464 e.